The van der Waals surface area contributed by atoms with Gasteiger partial charge in [-0.05, 0) is 48.9 Å². The molecule has 0 aliphatic carbocycles. The molecular weight excluding hydrogens is 516 g/mol. The van der Waals surface area contributed by atoms with Crippen LogP contribution in [0.25, 0.3) is 0 Å². The first kappa shape index (κ1) is 28.2. The Balaban J connectivity index is 1.89. The van der Waals surface area contributed by atoms with Crippen LogP contribution in [0.3, 0.4) is 0 Å². The maximum absolute atomic E-state index is 14.8. The highest BCUT2D eigenvalue weighted by molar-refractivity contribution is 7.89. The molecule has 2 aromatic carbocycles. The predicted molar refractivity (Wildman–Crippen MR) is 124 cm³/mol. The summed E-state index contributed by atoms with van der Waals surface area (Å²) >= 11 is 0. The highest BCUT2D eigenvalue weighted by Crippen LogP contribution is 2.31. The summed E-state index contributed by atoms with van der Waals surface area (Å²) in [6.07, 6.45) is -0.596. The van der Waals surface area contributed by atoms with Gasteiger partial charge in [0.2, 0.25) is 10.0 Å². The molecule has 2 aromatic rings. The molecule has 2 atom stereocenters. The van der Waals surface area contributed by atoms with E-state index in [2.05, 4.69) is 0 Å². The number of sulfonamides is 1. The summed E-state index contributed by atoms with van der Waals surface area (Å²) in [4.78, 5) is 25.7. The lowest BCUT2D eigenvalue weighted by atomic mass is 10.1. The lowest BCUT2D eigenvalue weighted by molar-refractivity contribution is -0.135. The summed E-state index contributed by atoms with van der Waals surface area (Å²) in [7, 11) is -3.07. The van der Waals surface area contributed by atoms with Crippen molar-refractivity contribution in [3.05, 3.63) is 54.1 Å². The Kier molecular flexibility index (Phi) is 9.37. The van der Waals surface area contributed by atoms with Crippen molar-refractivity contribution in [2.75, 3.05) is 33.4 Å². The van der Waals surface area contributed by atoms with Gasteiger partial charge in [0, 0.05) is 26.2 Å². The summed E-state index contributed by atoms with van der Waals surface area (Å²) in [6.45, 7) is 1.23. The second-order valence-electron chi connectivity index (χ2n) is 8.05. The van der Waals surface area contributed by atoms with E-state index in [1.54, 1.807) is 6.92 Å². The van der Waals surface area contributed by atoms with Gasteiger partial charge in [-0.25, -0.2) is 27.5 Å². The SMILES string of the molecule is CC[C@H]1CN(C(=O)OCCOC)C[C@H](C(=O)NO)N1S(=O)(=O)c1ccc(Oc2ccc(F)cc2)c(F)c1. The monoisotopic (exact) mass is 543 g/mol. The minimum atomic E-state index is -4.50. The van der Waals surface area contributed by atoms with Crippen LogP contribution in [0.2, 0.25) is 0 Å². The highest BCUT2D eigenvalue weighted by atomic mass is 32.2. The van der Waals surface area contributed by atoms with E-state index in [-0.39, 0.29) is 37.7 Å². The van der Waals surface area contributed by atoms with Crippen molar-refractivity contribution in [2.24, 2.45) is 0 Å². The number of halogens is 2. The fourth-order valence-corrected chi connectivity index (χ4v) is 5.67. The summed E-state index contributed by atoms with van der Waals surface area (Å²) < 4.78 is 71.3. The molecule has 2 N–H and O–H groups in total. The quantitative estimate of drug-likeness (QED) is 0.280. The largest absolute Gasteiger partial charge is 0.454 e. The van der Waals surface area contributed by atoms with Gasteiger partial charge in [0.05, 0.1) is 11.5 Å². The van der Waals surface area contributed by atoms with E-state index in [1.165, 1.54) is 24.7 Å². The number of piperazine rings is 1. The summed E-state index contributed by atoms with van der Waals surface area (Å²) in [5.41, 5.74) is 1.43. The van der Waals surface area contributed by atoms with Gasteiger partial charge >= 0.3 is 6.09 Å². The average Bonchev–Trinajstić information content (AvgIpc) is 2.89. The number of benzene rings is 2. The minimum Gasteiger partial charge on any atom is -0.454 e. The lowest BCUT2D eigenvalue weighted by Crippen LogP contribution is -2.65. The van der Waals surface area contributed by atoms with Gasteiger partial charge in [-0.3, -0.25) is 10.0 Å². The molecule has 0 radical (unpaired) electrons. The Labute approximate surface area is 212 Å². The molecule has 1 heterocycles. The number of hydrogen-bond acceptors (Lipinski definition) is 8. The Morgan fingerprint density at radius 1 is 1.11 bits per heavy atom. The van der Waals surface area contributed by atoms with E-state index in [0.29, 0.717) is 0 Å². The van der Waals surface area contributed by atoms with Gasteiger partial charge in [0.15, 0.2) is 11.6 Å². The Morgan fingerprint density at radius 2 is 1.81 bits per heavy atom. The number of ether oxygens (including phenoxy) is 3. The predicted octanol–water partition coefficient (Wildman–Crippen LogP) is 2.50. The molecule has 1 saturated heterocycles. The number of rotatable bonds is 9. The van der Waals surface area contributed by atoms with Crippen LogP contribution in [0, 0.1) is 11.6 Å². The van der Waals surface area contributed by atoms with Crippen LogP contribution in [0.15, 0.2) is 47.4 Å². The fourth-order valence-electron chi connectivity index (χ4n) is 3.83. The van der Waals surface area contributed by atoms with Gasteiger partial charge in [0.1, 0.15) is 24.2 Å². The van der Waals surface area contributed by atoms with Gasteiger partial charge in [-0.2, -0.15) is 4.31 Å². The number of hydroxylamine groups is 1. The van der Waals surface area contributed by atoms with Crippen LogP contribution >= 0.6 is 0 Å². The molecule has 1 aliphatic rings. The smallest absolute Gasteiger partial charge is 0.409 e. The molecule has 0 saturated carbocycles. The summed E-state index contributed by atoms with van der Waals surface area (Å²) in [6, 6.07) is 5.32. The lowest BCUT2D eigenvalue weighted by Gasteiger charge is -2.43. The second-order valence-corrected chi connectivity index (χ2v) is 9.89. The van der Waals surface area contributed by atoms with Crippen LogP contribution in [0.1, 0.15) is 13.3 Å². The molecule has 0 bridgehead atoms. The molecule has 14 heteroatoms. The molecule has 0 unspecified atom stereocenters. The van der Waals surface area contributed by atoms with Crippen LogP contribution in [-0.4, -0.2) is 80.3 Å². The number of amides is 2. The first-order valence-electron chi connectivity index (χ1n) is 11.2. The molecule has 2 amide bonds. The molecule has 1 fully saturated rings. The number of carbonyl (C=O) groups is 2. The van der Waals surface area contributed by atoms with Gasteiger partial charge < -0.3 is 19.1 Å². The van der Waals surface area contributed by atoms with Crippen molar-refractivity contribution in [1.82, 2.24) is 14.7 Å². The van der Waals surface area contributed by atoms with Crippen molar-refractivity contribution >= 4 is 22.0 Å². The van der Waals surface area contributed by atoms with E-state index in [1.807, 2.05) is 0 Å². The van der Waals surface area contributed by atoms with Crippen LogP contribution < -0.4 is 10.2 Å². The van der Waals surface area contributed by atoms with Crippen LogP contribution in [-0.2, 0) is 24.3 Å². The third-order valence-corrected chi connectivity index (χ3v) is 7.62. The maximum Gasteiger partial charge on any atom is 0.409 e. The van der Waals surface area contributed by atoms with Crippen LogP contribution in [0.5, 0.6) is 11.5 Å². The molecule has 1 aliphatic heterocycles. The van der Waals surface area contributed by atoms with Gasteiger partial charge in [-0.1, -0.05) is 6.92 Å². The number of nitrogens with one attached hydrogen (secondary N) is 1. The molecule has 0 aromatic heterocycles. The first-order valence-corrected chi connectivity index (χ1v) is 12.7. The second kappa shape index (κ2) is 12.3. The fraction of sp³-hybridized carbons (Fsp3) is 0.391. The molecule has 0 spiro atoms. The van der Waals surface area contributed by atoms with Gasteiger partial charge in [-0.15, -0.1) is 0 Å². The number of methoxy groups -OCH3 is 1. The van der Waals surface area contributed by atoms with Gasteiger partial charge in [0.25, 0.3) is 5.91 Å². The van der Waals surface area contributed by atoms with E-state index < -0.39 is 57.2 Å². The minimum absolute atomic E-state index is 0.0485. The van der Waals surface area contributed by atoms with Crippen molar-refractivity contribution in [3.63, 3.8) is 0 Å². The standard InChI is InChI=1S/C23H27F2N3O8S/c1-3-16-13-27(23(30)35-11-10-34-2)14-20(22(29)26-31)28(16)37(32,33)18-8-9-21(19(25)12-18)36-17-6-4-15(24)5-7-17/h4-9,12,16,20,31H,3,10-11,13-14H2,1-2H3,(H,26,29)/t16-,20+/m0/s1. The average molecular weight is 544 g/mol. The van der Waals surface area contributed by atoms with E-state index in [0.717, 1.165) is 39.5 Å². The Bertz CT molecular complexity index is 1210. The highest BCUT2D eigenvalue weighted by Gasteiger charge is 2.46. The summed E-state index contributed by atoms with van der Waals surface area (Å²) in [5, 5.41) is 9.26. The number of carbonyl (C=O) groups excluding carboxylic acids is 2. The third-order valence-electron chi connectivity index (χ3n) is 5.67. The molecular formula is C23H27F2N3O8S. The Morgan fingerprint density at radius 3 is 2.41 bits per heavy atom. The van der Waals surface area contributed by atoms with E-state index in [4.69, 9.17) is 14.2 Å². The zero-order valence-electron chi connectivity index (χ0n) is 20.1. The first-order chi connectivity index (χ1) is 17.6. The third kappa shape index (κ3) is 6.52. The Hall–Kier alpha value is -3.33. The zero-order chi connectivity index (χ0) is 27.2. The maximum atomic E-state index is 14.8. The zero-order valence-corrected chi connectivity index (χ0v) is 20.9. The molecule has 11 nitrogen and oxygen atoms in total. The van der Waals surface area contributed by atoms with E-state index in [9.17, 15) is 32.0 Å². The number of hydrogen-bond donors (Lipinski definition) is 2. The van der Waals surface area contributed by atoms with E-state index >= 15 is 0 Å². The molecule has 202 valence electrons. The normalized spacial score (nSPS) is 18.4. The molecule has 3 rings (SSSR count). The van der Waals surface area contributed by atoms with Crippen molar-refractivity contribution < 1.29 is 46.2 Å². The topological polar surface area (TPSA) is 135 Å². The summed E-state index contributed by atoms with van der Waals surface area (Å²) in [5.74, 6) is -2.76. The molecule has 37 heavy (non-hydrogen) atoms. The van der Waals surface area contributed by atoms with Crippen LogP contribution in [0.4, 0.5) is 13.6 Å². The van der Waals surface area contributed by atoms with Crippen molar-refractivity contribution in [1.29, 1.82) is 0 Å². The van der Waals surface area contributed by atoms with Crippen molar-refractivity contribution in [2.45, 2.75) is 30.3 Å². The number of nitrogens with zero attached hydrogens (tertiary/aromatic N) is 2. The van der Waals surface area contributed by atoms with Crippen molar-refractivity contribution in [3.8, 4) is 11.5 Å².